The molecule has 2 heterocycles. The van der Waals surface area contributed by atoms with E-state index in [2.05, 4.69) is 21.2 Å². The molecule has 0 spiro atoms. The molecule has 4 rings (SSSR count). The number of halogens is 1. The summed E-state index contributed by atoms with van der Waals surface area (Å²) in [5.74, 6) is 1.17. The summed E-state index contributed by atoms with van der Waals surface area (Å²) in [6.45, 7) is 0. The number of H-pyrrole nitrogens is 1. The minimum absolute atomic E-state index is 0.575. The maximum Gasteiger partial charge on any atom is 0.231 e. The number of hydrogen-bond donors (Lipinski definition) is 1. The molecule has 5 heteroatoms. The zero-order chi connectivity index (χ0) is 14.9. The Hall–Kier alpha value is -2.59. The van der Waals surface area contributed by atoms with Crippen LogP contribution in [-0.2, 0) is 6.42 Å². The molecule has 108 valence electrons. The molecule has 2 aromatic carbocycles. The van der Waals surface area contributed by atoms with E-state index in [1.807, 2.05) is 48.7 Å². The van der Waals surface area contributed by atoms with Gasteiger partial charge >= 0.3 is 0 Å². The Kier molecular flexibility index (Phi) is 3.16. The van der Waals surface area contributed by atoms with Crippen LogP contribution in [0, 0.1) is 0 Å². The molecule has 0 aliphatic carbocycles. The second-order valence-electron chi connectivity index (χ2n) is 5.05. The van der Waals surface area contributed by atoms with Gasteiger partial charge in [-0.25, -0.2) is 0 Å². The third kappa shape index (κ3) is 2.38. The Balaban J connectivity index is 1.63. The van der Waals surface area contributed by atoms with Crippen LogP contribution in [0.3, 0.4) is 0 Å². The Morgan fingerprint density at radius 2 is 1.86 bits per heavy atom. The van der Waals surface area contributed by atoms with E-state index in [4.69, 9.17) is 16.1 Å². The van der Waals surface area contributed by atoms with Gasteiger partial charge < -0.3 is 9.51 Å². The smallest absolute Gasteiger partial charge is 0.231 e. The summed E-state index contributed by atoms with van der Waals surface area (Å²) in [6.07, 6.45) is 2.58. The van der Waals surface area contributed by atoms with Gasteiger partial charge in [0.05, 0.1) is 6.42 Å². The number of para-hydroxylation sites is 1. The molecule has 0 aliphatic heterocycles. The zero-order valence-electron chi connectivity index (χ0n) is 11.6. The van der Waals surface area contributed by atoms with Gasteiger partial charge in [0.25, 0.3) is 0 Å². The molecule has 2 aromatic heterocycles. The van der Waals surface area contributed by atoms with Crippen LogP contribution in [0.15, 0.2) is 59.3 Å². The Morgan fingerprint density at radius 1 is 1.05 bits per heavy atom. The molecule has 4 aromatic rings. The topological polar surface area (TPSA) is 54.7 Å². The van der Waals surface area contributed by atoms with E-state index in [-0.39, 0.29) is 0 Å². The number of nitrogens with zero attached hydrogens (tertiary/aromatic N) is 2. The minimum Gasteiger partial charge on any atom is -0.361 e. The monoisotopic (exact) mass is 309 g/mol. The van der Waals surface area contributed by atoms with E-state index >= 15 is 0 Å². The van der Waals surface area contributed by atoms with E-state index < -0.39 is 0 Å². The van der Waals surface area contributed by atoms with Crippen LogP contribution in [-0.4, -0.2) is 15.1 Å². The summed E-state index contributed by atoms with van der Waals surface area (Å²) >= 11 is 5.89. The minimum atomic E-state index is 0.575. The van der Waals surface area contributed by atoms with Gasteiger partial charge in [-0.2, -0.15) is 4.98 Å². The molecular weight excluding hydrogens is 298 g/mol. The van der Waals surface area contributed by atoms with Gasteiger partial charge in [0.15, 0.2) is 0 Å². The molecule has 0 saturated heterocycles. The molecular formula is C17H12ClN3O. The third-order valence-corrected chi connectivity index (χ3v) is 3.84. The van der Waals surface area contributed by atoms with Crippen molar-refractivity contribution in [2.75, 3.05) is 0 Å². The van der Waals surface area contributed by atoms with E-state index in [9.17, 15) is 0 Å². The molecule has 0 atom stereocenters. The zero-order valence-corrected chi connectivity index (χ0v) is 12.3. The Bertz CT molecular complexity index is 924. The van der Waals surface area contributed by atoms with Gasteiger partial charge in [0.2, 0.25) is 11.7 Å². The van der Waals surface area contributed by atoms with Crippen molar-refractivity contribution in [3.8, 4) is 11.4 Å². The molecule has 0 saturated carbocycles. The third-order valence-electron chi connectivity index (χ3n) is 3.59. The molecule has 0 aliphatic rings. The highest BCUT2D eigenvalue weighted by Gasteiger charge is 2.11. The van der Waals surface area contributed by atoms with Crippen molar-refractivity contribution >= 4 is 22.5 Å². The summed E-state index contributed by atoms with van der Waals surface area (Å²) in [6, 6.07) is 15.5. The quantitative estimate of drug-likeness (QED) is 0.608. The highest BCUT2D eigenvalue weighted by atomic mass is 35.5. The van der Waals surface area contributed by atoms with Gasteiger partial charge in [0.1, 0.15) is 0 Å². The first-order chi connectivity index (χ1) is 10.8. The van der Waals surface area contributed by atoms with Crippen molar-refractivity contribution in [2.24, 2.45) is 0 Å². The first-order valence-corrected chi connectivity index (χ1v) is 7.31. The largest absolute Gasteiger partial charge is 0.361 e. The molecule has 22 heavy (non-hydrogen) atoms. The van der Waals surface area contributed by atoms with Crippen LogP contribution in [0.25, 0.3) is 22.3 Å². The average molecular weight is 310 g/mol. The molecule has 0 unspecified atom stereocenters. The van der Waals surface area contributed by atoms with Crippen molar-refractivity contribution in [3.05, 3.63) is 71.2 Å². The Labute approximate surface area is 131 Å². The van der Waals surface area contributed by atoms with Crippen molar-refractivity contribution in [2.45, 2.75) is 6.42 Å². The van der Waals surface area contributed by atoms with E-state index in [1.165, 1.54) is 5.39 Å². The average Bonchev–Trinajstić information content (AvgIpc) is 3.16. The normalized spacial score (nSPS) is 11.1. The first-order valence-electron chi connectivity index (χ1n) is 6.93. The number of hydrogen-bond acceptors (Lipinski definition) is 3. The lowest BCUT2D eigenvalue weighted by molar-refractivity contribution is 0.386. The second kappa shape index (κ2) is 5.31. The standard InChI is InChI=1S/C17H12ClN3O/c18-13-7-5-11(6-8-13)17-20-16(22-21-17)9-12-10-19-15-4-2-1-3-14(12)15/h1-8,10,19H,9H2. The fourth-order valence-corrected chi connectivity index (χ4v) is 2.61. The SMILES string of the molecule is Clc1ccc(-c2noc(Cc3c[nH]c4ccccc34)n2)cc1. The maximum atomic E-state index is 5.89. The number of benzene rings is 2. The van der Waals surface area contributed by atoms with Gasteiger partial charge in [-0.15, -0.1) is 0 Å². The van der Waals surface area contributed by atoms with E-state index in [0.717, 1.165) is 16.6 Å². The van der Waals surface area contributed by atoms with Crippen molar-refractivity contribution in [1.82, 2.24) is 15.1 Å². The number of aromatic amines is 1. The number of aromatic nitrogens is 3. The van der Waals surface area contributed by atoms with Gasteiger partial charge in [-0.1, -0.05) is 35.0 Å². The second-order valence-corrected chi connectivity index (χ2v) is 5.49. The lowest BCUT2D eigenvalue weighted by Crippen LogP contribution is -1.87. The fourth-order valence-electron chi connectivity index (χ4n) is 2.48. The summed E-state index contributed by atoms with van der Waals surface area (Å²) in [7, 11) is 0. The van der Waals surface area contributed by atoms with Crippen molar-refractivity contribution in [3.63, 3.8) is 0 Å². The van der Waals surface area contributed by atoms with Crippen LogP contribution in [0.5, 0.6) is 0 Å². The van der Waals surface area contributed by atoms with Crippen LogP contribution < -0.4 is 0 Å². The van der Waals surface area contributed by atoms with Crippen LogP contribution in [0.4, 0.5) is 0 Å². The first kappa shape index (κ1) is 13.1. The molecule has 1 N–H and O–H groups in total. The predicted molar refractivity (Wildman–Crippen MR) is 85.8 cm³/mol. The number of rotatable bonds is 3. The summed E-state index contributed by atoms with van der Waals surface area (Å²) in [5, 5.41) is 5.90. The summed E-state index contributed by atoms with van der Waals surface area (Å²) in [5.41, 5.74) is 3.13. The van der Waals surface area contributed by atoms with Gasteiger partial charge in [0, 0.05) is 27.7 Å². The highest BCUT2D eigenvalue weighted by Crippen LogP contribution is 2.22. The van der Waals surface area contributed by atoms with E-state index in [1.54, 1.807) is 0 Å². The molecule has 4 nitrogen and oxygen atoms in total. The highest BCUT2D eigenvalue weighted by molar-refractivity contribution is 6.30. The molecule has 0 bridgehead atoms. The summed E-state index contributed by atoms with van der Waals surface area (Å²) < 4.78 is 5.36. The lowest BCUT2D eigenvalue weighted by atomic mass is 10.1. The number of nitrogens with one attached hydrogen (secondary N) is 1. The molecule has 0 amide bonds. The van der Waals surface area contributed by atoms with Gasteiger partial charge in [-0.3, -0.25) is 0 Å². The van der Waals surface area contributed by atoms with Crippen LogP contribution >= 0.6 is 11.6 Å². The predicted octanol–water partition coefficient (Wildman–Crippen LogP) is 4.46. The molecule has 0 radical (unpaired) electrons. The molecule has 0 fully saturated rings. The number of fused-ring (bicyclic) bond motifs is 1. The maximum absolute atomic E-state index is 5.89. The fraction of sp³-hybridized carbons (Fsp3) is 0.0588. The lowest BCUT2D eigenvalue weighted by Gasteiger charge is -1.94. The summed E-state index contributed by atoms with van der Waals surface area (Å²) in [4.78, 5) is 7.71. The van der Waals surface area contributed by atoms with E-state index in [0.29, 0.717) is 23.2 Å². The van der Waals surface area contributed by atoms with Crippen LogP contribution in [0.1, 0.15) is 11.5 Å². The Morgan fingerprint density at radius 3 is 2.73 bits per heavy atom. The van der Waals surface area contributed by atoms with Crippen molar-refractivity contribution in [1.29, 1.82) is 0 Å². The van der Waals surface area contributed by atoms with Crippen LogP contribution in [0.2, 0.25) is 5.02 Å². The van der Waals surface area contributed by atoms with Crippen molar-refractivity contribution < 1.29 is 4.52 Å². The van der Waals surface area contributed by atoms with Gasteiger partial charge in [-0.05, 0) is 35.9 Å².